The molecule has 0 radical (unpaired) electrons. The van der Waals surface area contributed by atoms with Gasteiger partial charge in [0.25, 0.3) is 5.91 Å². The summed E-state index contributed by atoms with van der Waals surface area (Å²) in [6.45, 7) is 10.6. The minimum Gasteiger partial charge on any atom is -0.392 e. The summed E-state index contributed by atoms with van der Waals surface area (Å²) >= 11 is 1.54. The van der Waals surface area contributed by atoms with E-state index < -0.39 is 6.10 Å². The first-order valence-electron chi connectivity index (χ1n) is 12.0. The van der Waals surface area contributed by atoms with Crippen LogP contribution in [0.4, 0.5) is 5.13 Å². The highest BCUT2D eigenvalue weighted by Crippen LogP contribution is 2.57. The topological polar surface area (TPSA) is 87.5 Å². The highest BCUT2D eigenvalue weighted by molar-refractivity contribution is 7.15. The van der Waals surface area contributed by atoms with Gasteiger partial charge in [0.2, 0.25) is 5.91 Å². The SMILES string of the molecule is C=CCN(C)C(=O)[C@@H](C)[C@@H]1CC[C@]2(C)Cc3sc(NC(=O)c4cccn4C)nc3[C@H](C)[C@@H]2[C@H]1O. The number of amides is 2. The van der Waals surface area contributed by atoms with Crippen molar-refractivity contribution in [2.45, 2.75) is 52.1 Å². The zero-order valence-corrected chi connectivity index (χ0v) is 21.6. The van der Waals surface area contributed by atoms with Crippen molar-refractivity contribution in [1.82, 2.24) is 14.5 Å². The Balaban J connectivity index is 1.55. The quantitative estimate of drug-likeness (QED) is 0.605. The maximum Gasteiger partial charge on any atom is 0.274 e. The van der Waals surface area contributed by atoms with E-state index in [-0.39, 0.29) is 40.9 Å². The maximum atomic E-state index is 12.9. The third-order valence-corrected chi connectivity index (χ3v) is 9.12. The van der Waals surface area contributed by atoms with Crippen LogP contribution >= 0.6 is 11.3 Å². The van der Waals surface area contributed by atoms with Crippen molar-refractivity contribution in [1.29, 1.82) is 0 Å². The number of fused-ring (bicyclic) bond motifs is 2. The summed E-state index contributed by atoms with van der Waals surface area (Å²) in [6, 6.07) is 3.63. The monoisotopic (exact) mass is 484 g/mol. The molecule has 7 nitrogen and oxygen atoms in total. The molecule has 0 unspecified atom stereocenters. The Labute approximate surface area is 205 Å². The van der Waals surface area contributed by atoms with Crippen molar-refractivity contribution in [3.63, 3.8) is 0 Å². The van der Waals surface area contributed by atoms with Gasteiger partial charge in [0.15, 0.2) is 5.13 Å². The van der Waals surface area contributed by atoms with Gasteiger partial charge in [-0.3, -0.25) is 14.9 Å². The molecule has 1 fully saturated rings. The molecule has 1 saturated carbocycles. The number of nitrogens with one attached hydrogen (secondary N) is 1. The number of rotatable bonds is 6. The van der Waals surface area contributed by atoms with E-state index in [2.05, 4.69) is 25.7 Å². The lowest BCUT2D eigenvalue weighted by Gasteiger charge is -2.53. The highest BCUT2D eigenvalue weighted by Gasteiger charge is 2.54. The molecule has 2 aliphatic rings. The number of aromatic nitrogens is 2. The lowest BCUT2D eigenvalue weighted by atomic mass is 9.53. The molecule has 4 rings (SSSR count). The second kappa shape index (κ2) is 9.30. The molecule has 2 N–H and O–H groups in total. The number of aryl methyl sites for hydroxylation is 1. The van der Waals surface area contributed by atoms with E-state index >= 15 is 0 Å². The van der Waals surface area contributed by atoms with E-state index in [0.29, 0.717) is 17.4 Å². The van der Waals surface area contributed by atoms with E-state index in [4.69, 9.17) is 4.98 Å². The summed E-state index contributed by atoms with van der Waals surface area (Å²) < 4.78 is 1.78. The van der Waals surface area contributed by atoms with Crippen LogP contribution < -0.4 is 5.32 Å². The van der Waals surface area contributed by atoms with Gasteiger partial charge >= 0.3 is 0 Å². The fourth-order valence-corrected chi connectivity index (χ4v) is 7.53. The Morgan fingerprint density at radius 1 is 1.50 bits per heavy atom. The van der Waals surface area contributed by atoms with Crippen molar-refractivity contribution < 1.29 is 14.7 Å². The molecule has 2 heterocycles. The molecular weight excluding hydrogens is 448 g/mol. The van der Waals surface area contributed by atoms with Crippen LogP contribution in [0.15, 0.2) is 31.0 Å². The summed E-state index contributed by atoms with van der Waals surface area (Å²) in [5.74, 6) is -0.415. The molecule has 34 heavy (non-hydrogen) atoms. The number of likely N-dealkylation sites (N-methyl/N-ethyl adjacent to an activating group) is 1. The van der Waals surface area contributed by atoms with Gasteiger partial charge in [0, 0.05) is 43.5 Å². The van der Waals surface area contributed by atoms with Gasteiger partial charge in [-0.1, -0.05) is 26.8 Å². The molecule has 0 saturated heterocycles. The van der Waals surface area contributed by atoms with Crippen molar-refractivity contribution >= 4 is 28.3 Å². The highest BCUT2D eigenvalue weighted by atomic mass is 32.1. The summed E-state index contributed by atoms with van der Waals surface area (Å²) in [6.07, 6.45) is 5.59. The van der Waals surface area contributed by atoms with E-state index in [0.717, 1.165) is 25.0 Å². The van der Waals surface area contributed by atoms with Crippen LogP contribution in [0.5, 0.6) is 0 Å². The van der Waals surface area contributed by atoms with Gasteiger partial charge in [-0.2, -0.15) is 0 Å². The zero-order chi connectivity index (χ0) is 24.8. The Hall–Kier alpha value is -2.45. The van der Waals surface area contributed by atoms with E-state index in [1.807, 2.05) is 26.2 Å². The van der Waals surface area contributed by atoms with Crippen molar-refractivity contribution in [3.8, 4) is 0 Å². The van der Waals surface area contributed by atoms with Crippen LogP contribution in [0.2, 0.25) is 0 Å². The number of thiazole rings is 1. The minimum absolute atomic E-state index is 0.0113. The standard InChI is InChI=1S/C26H36N4O3S/c1-7-12-30(6)24(33)15(2)17-10-11-26(4)14-19-21(16(3)20(26)22(17)31)27-25(34-19)28-23(32)18-9-8-13-29(18)5/h7-9,13,15-17,20,22,31H,1,10-12,14H2,2-6H3,(H,27,28,32)/t15-,16+,17-,20+,22-,26+/m0/s1. The number of anilines is 1. The van der Waals surface area contributed by atoms with Crippen LogP contribution in [0.3, 0.4) is 0 Å². The third-order valence-electron chi connectivity index (χ3n) is 8.13. The lowest BCUT2D eigenvalue weighted by Crippen LogP contribution is -2.53. The van der Waals surface area contributed by atoms with Crippen LogP contribution in [0.25, 0.3) is 0 Å². The molecule has 2 amide bonds. The van der Waals surface area contributed by atoms with Gasteiger partial charge in [-0.15, -0.1) is 17.9 Å². The first-order valence-corrected chi connectivity index (χ1v) is 12.8. The van der Waals surface area contributed by atoms with Crippen LogP contribution in [-0.2, 0) is 18.3 Å². The Bertz CT molecular complexity index is 1090. The van der Waals surface area contributed by atoms with Gasteiger partial charge < -0.3 is 14.6 Å². The number of carbonyl (C=O) groups is 2. The smallest absolute Gasteiger partial charge is 0.274 e. The number of aliphatic hydroxyl groups is 1. The number of aliphatic hydroxyl groups excluding tert-OH is 1. The summed E-state index contributed by atoms with van der Waals surface area (Å²) in [5, 5.41) is 15.1. The van der Waals surface area contributed by atoms with Gasteiger partial charge in [0.1, 0.15) is 5.69 Å². The molecule has 2 aliphatic carbocycles. The van der Waals surface area contributed by atoms with Crippen LogP contribution in [0.1, 0.15) is 60.6 Å². The van der Waals surface area contributed by atoms with Crippen LogP contribution in [-0.4, -0.2) is 51.1 Å². The molecule has 0 aliphatic heterocycles. The molecule has 2 aromatic heterocycles. The summed E-state index contributed by atoms with van der Waals surface area (Å²) in [4.78, 5) is 33.3. The number of nitrogens with zero attached hydrogens (tertiary/aromatic N) is 3. The third kappa shape index (κ3) is 4.22. The van der Waals surface area contributed by atoms with Gasteiger partial charge in [-0.05, 0) is 48.6 Å². The second-order valence-electron chi connectivity index (χ2n) is 10.4. The normalized spacial score (nSPS) is 29.0. The fourth-order valence-electron chi connectivity index (χ4n) is 6.27. The number of hydrogen-bond acceptors (Lipinski definition) is 5. The van der Waals surface area contributed by atoms with Crippen molar-refractivity contribution in [2.75, 3.05) is 18.9 Å². The first-order chi connectivity index (χ1) is 16.1. The molecule has 0 spiro atoms. The number of hydrogen-bond donors (Lipinski definition) is 2. The Kier molecular flexibility index (Phi) is 6.75. The Morgan fingerprint density at radius 2 is 2.24 bits per heavy atom. The second-order valence-corrected chi connectivity index (χ2v) is 11.5. The molecule has 2 aromatic rings. The molecule has 0 bridgehead atoms. The van der Waals surface area contributed by atoms with Crippen LogP contribution in [0, 0.1) is 23.2 Å². The van der Waals surface area contributed by atoms with Crippen molar-refractivity contribution in [2.24, 2.45) is 30.2 Å². The number of carbonyl (C=O) groups excluding carboxylic acids is 2. The van der Waals surface area contributed by atoms with E-state index in [1.54, 1.807) is 40.0 Å². The van der Waals surface area contributed by atoms with Gasteiger partial charge in [0.05, 0.1) is 11.8 Å². The minimum atomic E-state index is -0.582. The first kappa shape index (κ1) is 24.7. The average Bonchev–Trinajstić information content (AvgIpc) is 3.38. The zero-order valence-electron chi connectivity index (χ0n) is 20.7. The van der Waals surface area contributed by atoms with Crippen molar-refractivity contribution in [3.05, 3.63) is 47.2 Å². The molecular formula is C26H36N4O3S. The lowest BCUT2D eigenvalue weighted by molar-refractivity contribution is -0.143. The average molecular weight is 485 g/mol. The molecule has 0 aromatic carbocycles. The molecule has 8 heteroatoms. The largest absolute Gasteiger partial charge is 0.392 e. The summed E-state index contributed by atoms with van der Waals surface area (Å²) in [7, 11) is 3.63. The Morgan fingerprint density at radius 3 is 2.88 bits per heavy atom. The molecule has 184 valence electrons. The summed E-state index contributed by atoms with van der Waals surface area (Å²) in [5.41, 5.74) is 1.49. The van der Waals surface area contributed by atoms with E-state index in [9.17, 15) is 14.7 Å². The fraction of sp³-hybridized carbons (Fsp3) is 0.577. The maximum absolute atomic E-state index is 12.9. The molecule has 6 atom stereocenters. The predicted octanol–water partition coefficient (Wildman–Crippen LogP) is 4.07. The van der Waals surface area contributed by atoms with Gasteiger partial charge in [-0.25, -0.2) is 4.98 Å². The van der Waals surface area contributed by atoms with E-state index in [1.165, 1.54) is 4.88 Å². The predicted molar refractivity (Wildman–Crippen MR) is 135 cm³/mol.